The molecule has 2 aromatic rings. The molecule has 0 unspecified atom stereocenters. The van der Waals surface area contributed by atoms with Crippen molar-refractivity contribution in [2.75, 3.05) is 25.5 Å². The highest BCUT2D eigenvalue weighted by molar-refractivity contribution is 8.00. The molecule has 0 radical (unpaired) electrons. The minimum Gasteiger partial charge on any atom is -0.468 e. The maximum Gasteiger partial charge on any atom is 0.318 e. The Bertz CT molecular complexity index is 909. The lowest BCUT2D eigenvalue weighted by Crippen LogP contribution is -2.27. The van der Waals surface area contributed by atoms with E-state index < -0.39 is 5.25 Å². The minimum atomic E-state index is -0.435. The summed E-state index contributed by atoms with van der Waals surface area (Å²) in [6.45, 7) is 3.29. The van der Waals surface area contributed by atoms with Crippen LogP contribution < -0.4 is 5.32 Å². The first-order valence-corrected chi connectivity index (χ1v) is 10.4. The van der Waals surface area contributed by atoms with E-state index in [0.717, 1.165) is 25.9 Å². The van der Waals surface area contributed by atoms with Gasteiger partial charge in [0.05, 0.1) is 12.7 Å². The highest BCUT2D eigenvalue weighted by Crippen LogP contribution is 2.28. The largest absolute Gasteiger partial charge is 0.468 e. The number of nitrogens with zero attached hydrogens (tertiary/aromatic N) is 1. The molecule has 1 fully saturated rings. The normalized spacial score (nSPS) is 14.3. The van der Waals surface area contributed by atoms with Crippen LogP contribution in [0, 0.1) is 0 Å². The Morgan fingerprint density at radius 2 is 1.79 bits per heavy atom. The van der Waals surface area contributed by atoms with Gasteiger partial charge in [0.15, 0.2) is 0 Å². The molecule has 7 heteroatoms. The van der Waals surface area contributed by atoms with Gasteiger partial charge in [-0.3, -0.25) is 14.4 Å². The number of ether oxygens (including phenoxy) is 1. The SMILES string of the molecule is COC(=O)[C@@H](C)Sc1ccccc1C(=O)Nc1cccc(C(=O)N2CCCC2)c1. The zero-order valence-corrected chi connectivity index (χ0v) is 17.3. The Morgan fingerprint density at radius 1 is 1.07 bits per heavy atom. The molecule has 2 aromatic carbocycles. The Hall–Kier alpha value is -2.80. The summed E-state index contributed by atoms with van der Waals surface area (Å²) in [5, 5.41) is 2.43. The van der Waals surface area contributed by atoms with Crippen molar-refractivity contribution >= 4 is 35.2 Å². The molecule has 3 rings (SSSR count). The first-order chi connectivity index (χ1) is 14.0. The van der Waals surface area contributed by atoms with Gasteiger partial charge in [-0.05, 0) is 50.1 Å². The number of esters is 1. The second-order valence-corrected chi connectivity index (χ2v) is 8.20. The van der Waals surface area contributed by atoms with Crippen LogP contribution in [0.2, 0.25) is 0 Å². The van der Waals surface area contributed by atoms with Crippen LogP contribution in [0.15, 0.2) is 53.4 Å². The van der Waals surface area contributed by atoms with Crippen molar-refractivity contribution < 1.29 is 19.1 Å². The fraction of sp³-hybridized carbons (Fsp3) is 0.318. The number of carbonyl (C=O) groups excluding carboxylic acids is 3. The van der Waals surface area contributed by atoms with E-state index in [1.165, 1.54) is 18.9 Å². The number of hydrogen-bond acceptors (Lipinski definition) is 5. The topological polar surface area (TPSA) is 75.7 Å². The van der Waals surface area contributed by atoms with Gasteiger partial charge in [-0.15, -0.1) is 11.8 Å². The monoisotopic (exact) mass is 412 g/mol. The predicted molar refractivity (Wildman–Crippen MR) is 113 cm³/mol. The second kappa shape index (κ2) is 9.60. The molecule has 29 heavy (non-hydrogen) atoms. The molecule has 0 aliphatic carbocycles. The van der Waals surface area contributed by atoms with Crippen molar-refractivity contribution in [3.8, 4) is 0 Å². The number of benzene rings is 2. The van der Waals surface area contributed by atoms with Crippen LogP contribution in [0.3, 0.4) is 0 Å². The fourth-order valence-corrected chi connectivity index (χ4v) is 4.21. The summed E-state index contributed by atoms with van der Waals surface area (Å²) in [6.07, 6.45) is 2.06. The summed E-state index contributed by atoms with van der Waals surface area (Å²) in [7, 11) is 1.34. The second-order valence-electron chi connectivity index (χ2n) is 6.81. The van der Waals surface area contributed by atoms with E-state index >= 15 is 0 Å². The van der Waals surface area contributed by atoms with Crippen molar-refractivity contribution in [1.29, 1.82) is 0 Å². The zero-order chi connectivity index (χ0) is 20.8. The van der Waals surface area contributed by atoms with E-state index in [4.69, 9.17) is 4.74 Å². The number of amides is 2. The summed E-state index contributed by atoms with van der Waals surface area (Å²) in [5.74, 6) is -0.657. The molecular formula is C22H24N2O4S. The molecule has 0 bridgehead atoms. The molecule has 0 saturated carbocycles. The van der Waals surface area contributed by atoms with E-state index in [9.17, 15) is 14.4 Å². The number of rotatable bonds is 6. The summed E-state index contributed by atoms with van der Waals surface area (Å²) in [4.78, 5) is 39.7. The molecule has 0 spiro atoms. The molecule has 152 valence electrons. The molecule has 1 atom stereocenters. The van der Waals surface area contributed by atoms with Gasteiger partial charge in [-0.25, -0.2) is 0 Å². The lowest BCUT2D eigenvalue weighted by molar-refractivity contribution is -0.139. The van der Waals surface area contributed by atoms with Gasteiger partial charge in [0.2, 0.25) is 0 Å². The maximum absolute atomic E-state index is 12.9. The van der Waals surface area contributed by atoms with Crippen LogP contribution in [0.4, 0.5) is 5.69 Å². The molecular weight excluding hydrogens is 388 g/mol. The van der Waals surface area contributed by atoms with Crippen molar-refractivity contribution in [3.63, 3.8) is 0 Å². The zero-order valence-electron chi connectivity index (χ0n) is 16.5. The quantitative estimate of drug-likeness (QED) is 0.576. The first-order valence-electron chi connectivity index (χ1n) is 9.54. The van der Waals surface area contributed by atoms with E-state index in [2.05, 4.69) is 5.32 Å². The molecule has 0 aromatic heterocycles. The highest BCUT2D eigenvalue weighted by Gasteiger charge is 2.21. The van der Waals surface area contributed by atoms with Gasteiger partial charge in [0, 0.05) is 29.2 Å². The predicted octanol–water partition coefficient (Wildman–Crippen LogP) is 3.83. The van der Waals surface area contributed by atoms with E-state index in [1.54, 1.807) is 49.4 Å². The average molecular weight is 413 g/mol. The van der Waals surface area contributed by atoms with Crippen LogP contribution in [0.25, 0.3) is 0 Å². The Balaban J connectivity index is 1.75. The standard InChI is InChI=1S/C22H24N2O4S/c1-15(22(27)28-2)29-19-11-4-3-10-18(19)20(25)23-17-9-7-8-16(14-17)21(26)24-12-5-6-13-24/h3-4,7-11,14-15H,5-6,12-13H2,1-2H3,(H,23,25)/t15-/m1/s1. The lowest BCUT2D eigenvalue weighted by atomic mass is 10.1. The van der Waals surface area contributed by atoms with Gasteiger partial charge in [-0.1, -0.05) is 18.2 Å². The molecule has 1 heterocycles. The lowest BCUT2D eigenvalue weighted by Gasteiger charge is -2.16. The molecule has 1 N–H and O–H groups in total. The molecule has 1 saturated heterocycles. The van der Waals surface area contributed by atoms with Crippen molar-refractivity contribution in [2.24, 2.45) is 0 Å². The summed E-state index contributed by atoms with van der Waals surface area (Å²) in [5.41, 5.74) is 1.58. The number of hydrogen-bond donors (Lipinski definition) is 1. The van der Waals surface area contributed by atoms with Crippen LogP contribution in [-0.4, -0.2) is 48.1 Å². The third-order valence-corrected chi connectivity index (χ3v) is 5.89. The number of likely N-dealkylation sites (tertiary alicyclic amines) is 1. The molecule has 1 aliphatic rings. The highest BCUT2D eigenvalue weighted by atomic mass is 32.2. The van der Waals surface area contributed by atoms with Gasteiger partial charge in [-0.2, -0.15) is 0 Å². The van der Waals surface area contributed by atoms with E-state index in [1.807, 2.05) is 11.0 Å². The Morgan fingerprint density at radius 3 is 2.52 bits per heavy atom. The number of carbonyl (C=O) groups is 3. The smallest absolute Gasteiger partial charge is 0.318 e. The van der Waals surface area contributed by atoms with Crippen molar-refractivity contribution in [2.45, 2.75) is 29.9 Å². The number of thioether (sulfide) groups is 1. The van der Waals surface area contributed by atoms with E-state index in [-0.39, 0.29) is 17.8 Å². The number of methoxy groups -OCH3 is 1. The van der Waals surface area contributed by atoms with Crippen LogP contribution >= 0.6 is 11.8 Å². The number of nitrogens with one attached hydrogen (secondary N) is 1. The third kappa shape index (κ3) is 5.17. The molecule has 2 amide bonds. The average Bonchev–Trinajstić information content (AvgIpc) is 3.28. The number of anilines is 1. The molecule has 6 nitrogen and oxygen atoms in total. The summed E-state index contributed by atoms with van der Waals surface area (Å²) < 4.78 is 4.76. The van der Waals surface area contributed by atoms with Crippen LogP contribution in [-0.2, 0) is 9.53 Å². The minimum absolute atomic E-state index is 0.0125. The van der Waals surface area contributed by atoms with Gasteiger partial charge < -0.3 is 15.0 Å². The summed E-state index contributed by atoms with van der Waals surface area (Å²) in [6, 6.07) is 14.1. The van der Waals surface area contributed by atoms with Gasteiger partial charge in [0.25, 0.3) is 11.8 Å². The van der Waals surface area contributed by atoms with Crippen molar-refractivity contribution in [3.05, 3.63) is 59.7 Å². The van der Waals surface area contributed by atoms with Gasteiger partial charge >= 0.3 is 5.97 Å². The Labute approximate surface area is 174 Å². The summed E-state index contributed by atoms with van der Waals surface area (Å²) >= 11 is 1.27. The fourth-order valence-electron chi connectivity index (χ4n) is 3.19. The third-order valence-electron chi connectivity index (χ3n) is 4.73. The molecule has 1 aliphatic heterocycles. The van der Waals surface area contributed by atoms with E-state index in [0.29, 0.717) is 21.7 Å². The van der Waals surface area contributed by atoms with Crippen LogP contribution in [0.5, 0.6) is 0 Å². The van der Waals surface area contributed by atoms with Crippen molar-refractivity contribution in [1.82, 2.24) is 4.90 Å². The Kier molecular flexibility index (Phi) is 6.93. The maximum atomic E-state index is 12.9. The van der Waals surface area contributed by atoms with Crippen LogP contribution in [0.1, 0.15) is 40.5 Å². The first kappa shape index (κ1) is 20.9. The van der Waals surface area contributed by atoms with Gasteiger partial charge in [0.1, 0.15) is 5.25 Å².